The Labute approximate surface area is 162 Å². The summed E-state index contributed by atoms with van der Waals surface area (Å²) in [6.45, 7) is 7.51. The number of aryl methyl sites for hydroxylation is 3. The SMILES string of the molecule is CCn1nc(C(=O)O[C@@H](C)C(=O)c2ccc(C)c(C)c2)c2ccccc2c1=O. The fraction of sp³-hybridized carbons (Fsp3) is 0.273. The molecule has 144 valence electrons. The molecule has 6 heteroatoms. The first-order valence-electron chi connectivity index (χ1n) is 9.15. The molecular formula is C22H22N2O4. The molecule has 1 aromatic heterocycles. The fourth-order valence-corrected chi connectivity index (χ4v) is 3.00. The highest BCUT2D eigenvalue weighted by Gasteiger charge is 2.24. The van der Waals surface area contributed by atoms with Gasteiger partial charge in [-0.1, -0.05) is 30.3 Å². The van der Waals surface area contributed by atoms with Crippen molar-refractivity contribution in [2.45, 2.75) is 40.3 Å². The van der Waals surface area contributed by atoms with Gasteiger partial charge in [-0.2, -0.15) is 5.10 Å². The molecule has 1 atom stereocenters. The van der Waals surface area contributed by atoms with Gasteiger partial charge in [-0.25, -0.2) is 9.48 Å². The van der Waals surface area contributed by atoms with Crippen LogP contribution in [0.25, 0.3) is 10.8 Å². The third kappa shape index (κ3) is 3.58. The van der Waals surface area contributed by atoms with Crippen LogP contribution in [0.1, 0.15) is 45.8 Å². The summed E-state index contributed by atoms with van der Waals surface area (Å²) >= 11 is 0. The first kappa shape index (κ1) is 19.5. The van der Waals surface area contributed by atoms with Crippen LogP contribution in [0.15, 0.2) is 47.3 Å². The van der Waals surface area contributed by atoms with Gasteiger partial charge in [0.2, 0.25) is 5.78 Å². The fourth-order valence-electron chi connectivity index (χ4n) is 3.00. The lowest BCUT2D eigenvalue weighted by molar-refractivity contribution is 0.0313. The highest BCUT2D eigenvalue weighted by atomic mass is 16.5. The standard InChI is InChI=1S/C22H22N2O4/c1-5-24-21(26)18-9-7-6-8-17(18)19(23-24)22(27)28-15(4)20(25)16-11-10-13(2)14(3)12-16/h6-12,15H,5H2,1-4H3/t15-/m0/s1. The summed E-state index contributed by atoms with van der Waals surface area (Å²) in [5.41, 5.74) is 2.32. The van der Waals surface area contributed by atoms with Gasteiger partial charge < -0.3 is 4.74 Å². The molecule has 0 N–H and O–H groups in total. The number of hydrogen-bond donors (Lipinski definition) is 0. The maximum atomic E-state index is 12.8. The zero-order valence-corrected chi connectivity index (χ0v) is 16.4. The number of ketones is 1. The van der Waals surface area contributed by atoms with E-state index in [1.165, 1.54) is 11.6 Å². The molecule has 0 radical (unpaired) electrons. The molecule has 0 spiro atoms. The average molecular weight is 378 g/mol. The van der Waals surface area contributed by atoms with E-state index >= 15 is 0 Å². The maximum absolute atomic E-state index is 12.8. The number of rotatable bonds is 5. The molecule has 2 aromatic carbocycles. The van der Waals surface area contributed by atoms with Gasteiger partial charge in [-0.05, 0) is 51.0 Å². The smallest absolute Gasteiger partial charge is 0.360 e. The van der Waals surface area contributed by atoms with Crippen LogP contribution in [0.4, 0.5) is 0 Å². The van der Waals surface area contributed by atoms with Crippen LogP contribution in [0.3, 0.4) is 0 Å². The molecule has 6 nitrogen and oxygen atoms in total. The first-order valence-corrected chi connectivity index (χ1v) is 9.15. The van der Waals surface area contributed by atoms with Crippen molar-refractivity contribution in [3.05, 3.63) is 75.2 Å². The molecule has 0 aliphatic carbocycles. The van der Waals surface area contributed by atoms with Crippen LogP contribution in [-0.2, 0) is 11.3 Å². The van der Waals surface area contributed by atoms with Gasteiger partial charge in [0.25, 0.3) is 5.56 Å². The van der Waals surface area contributed by atoms with E-state index in [0.717, 1.165) is 11.1 Å². The molecule has 0 fully saturated rings. The first-order chi connectivity index (χ1) is 13.3. The predicted molar refractivity (Wildman–Crippen MR) is 107 cm³/mol. The van der Waals surface area contributed by atoms with Crippen molar-refractivity contribution in [3.8, 4) is 0 Å². The topological polar surface area (TPSA) is 78.3 Å². The molecule has 0 bridgehead atoms. The Hall–Kier alpha value is -3.28. The lowest BCUT2D eigenvalue weighted by Gasteiger charge is -2.14. The average Bonchev–Trinajstić information content (AvgIpc) is 2.69. The summed E-state index contributed by atoms with van der Waals surface area (Å²) in [5.74, 6) is -1.02. The molecule has 3 aromatic rings. The minimum absolute atomic E-state index is 0.0248. The second-order valence-corrected chi connectivity index (χ2v) is 6.73. The van der Waals surface area contributed by atoms with Gasteiger partial charge >= 0.3 is 5.97 Å². The molecule has 0 saturated carbocycles. The van der Waals surface area contributed by atoms with E-state index in [-0.39, 0.29) is 17.0 Å². The van der Waals surface area contributed by atoms with Gasteiger partial charge in [0.05, 0.1) is 5.39 Å². The van der Waals surface area contributed by atoms with Crippen LogP contribution >= 0.6 is 0 Å². The van der Waals surface area contributed by atoms with Crippen molar-refractivity contribution in [2.24, 2.45) is 0 Å². The summed E-state index contributed by atoms with van der Waals surface area (Å²) in [4.78, 5) is 37.8. The van der Waals surface area contributed by atoms with Crippen LogP contribution in [0.5, 0.6) is 0 Å². The summed E-state index contributed by atoms with van der Waals surface area (Å²) in [6, 6.07) is 12.1. The third-order valence-corrected chi connectivity index (χ3v) is 4.81. The molecule has 0 unspecified atom stereocenters. The number of aromatic nitrogens is 2. The zero-order valence-electron chi connectivity index (χ0n) is 16.4. The van der Waals surface area contributed by atoms with E-state index in [1.807, 2.05) is 19.9 Å². The number of benzene rings is 2. The number of ether oxygens (including phenoxy) is 1. The van der Waals surface area contributed by atoms with Gasteiger partial charge in [0.1, 0.15) is 0 Å². The Morgan fingerprint density at radius 1 is 1.07 bits per heavy atom. The summed E-state index contributed by atoms with van der Waals surface area (Å²) in [7, 11) is 0. The Morgan fingerprint density at radius 2 is 1.75 bits per heavy atom. The van der Waals surface area contributed by atoms with Gasteiger partial charge in [0.15, 0.2) is 11.8 Å². The summed E-state index contributed by atoms with van der Waals surface area (Å²) in [5, 5.41) is 4.95. The summed E-state index contributed by atoms with van der Waals surface area (Å²) in [6.07, 6.45) is -0.975. The Balaban J connectivity index is 1.92. The number of esters is 1. The van der Waals surface area contributed by atoms with Crippen molar-refractivity contribution in [3.63, 3.8) is 0 Å². The monoisotopic (exact) mass is 378 g/mol. The number of hydrogen-bond acceptors (Lipinski definition) is 5. The van der Waals surface area contributed by atoms with Gasteiger partial charge in [-0.3, -0.25) is 9.59 Å². The number of carbonyl (C=O) groups is 2. The normalized spacial score (nSPS) is 12.0. The Kier molecular flexibility index (Phi) is 5.40. The van der Waals surface area contributed by atoms with E-state index in [0.29, 0.717) is 22.9 Å². The van der Waals surface area contributed by atoms with E-state index < -0.39 is 12.1 Å². The number of carbonyl (C=O) groups excluding carboxylic acids is 2. The largest absolute Gasteiger partial charge is 0.449 e. The van der Waals surface area contributed by atoms with E-state index in [2.05, 4.69) is 5.10 Å². The van der Waals surface area contributed by atoms with Gasteiger partial charge in [0, 0.05) is 17.5 Å². The molecule has 0 saturated heterocycles. The quantitative estimate of drug-likeness (QED) is 0.502. The lowest BCUT2D eigenvalue weighted by Crippen LogP contribution is -2.29. The Bertz CT molecular complexity index is 1130. The second-order valence-electron chi connectivity index (χ2n) is 6.73. The molecule has 28 heavy (non-hydrogen) atoms. The zero-order chi connectivity index (χ0) is 20.4. The van der Waals surface area contributed by atoms with E-state index in [4.69, 9.17) is 4.74 Å². The minimum atomic E-state index is -0.975. The molecule has 0 aliphatic rings. The van der Waals surface area contributed by atoms with Crippen molar-refractivity contribution < 1.29 is 14.3 Å². The second kappa shape index (κ2) is 7.76. The van der Waals surface area contributed by atoms with Gasteiger partial charge in [-0.15, -0.1) is 0 Å². The minimum Gasteiger partial charge on any atom is -0.449 e. The van der Waals surface area contributed by atoms with Crippen molar-refractivity contribution >= 4 is 22.5 Å². The molecule has 3 rings (SSSR count). The van der Waals surface area contributed by atoms with E-state index in [1.54, 1.807) is 43.3 Å². The van der Waals surface area contributed by atoms with Crippen molar-refractivity contribution in [1.82, 2.24) is 9.78 Å². The molecular weight excluding hydrogens is 356 g/mol. The number of nitrogens with zero attached hydrogens (tertiary/aromatic N) is 2. The highest BCUT2D eigenvalue weighted by molar-refractivity contribution is 6.05. The molecule has 0 amide bonds. The lowest BCUT2D eigenvalue weighted by atomic mass is 10.0. The predicted octanol–water partition coefficient (Wildman–Crippen LogP) is 3.46. The number of Topliss-reactive ketones (excluding diaryl/α,β-unsaturated/α-hetero) is 1. The van der Waals surface area contributed by atoms with Crippen molar-refractivity contribution in [1.29, 1.82) is 0 Å². The van der Waals surface area contributed by atoms with Crippen LogP contribution in [0.2, 0.25) is 0 Å². The summed E-state index contributed by atoms with van der Waals surface area (Å²) < 4.78 is 6.62. The van der Waals surface area contributed by atoms with Crippen molar-refractivity contribution in [2.75, 3.05) is 0 Å². The van der Waals surface area contributed by atoms with Crippen LogP contribution in [-0.4, -0.2) is 27.6 Å². The molecule has 1 heterocycles. The number of fused-ring (bicyclic) bond motifs is 1. The highest BCUT2D eigenvalue weighted by Crippen LogP contribution is 2.17. The van der Waals surface area contributed by atoms with Crippen LogP contribution in [0, 0.1) is 13.8 Å². The van der Waals surface area contributed by atoms with Crippen LogP contribution < -0.4 is 5.56 Å². The van der Waals surface area contributed by atoms with E-state index in [9.17, 15) is 14.4 Å². The Morgan fingerprint density at radius 3 is 2.39 bits per heavy atom. The maximum Gasteiger partial charge on any atom is 0.360 e. The molecule has 0 aliphatic heterocycles. The third-order valence-electron chi connectivity index (χ3n) is 4.81.